The molecule has 2 aromatic heterocycles. The molecule has 5 heteroatoms. The van der Waals surface area contributed by atoms with Crippen molar-refractivity contribution in [2.45, 2.75) is 6.54 Å². The van der Waals surface area contributed by atoms with E-state index in [4.69, 9.17) is 0 Å². The van der Waals surface area contributed by atoms with Gasteiger partial charge in [-0.1, -0.05) is 30.3 Å². The first-order valence-electron chi connectivity index (χ1n) is 6.40. The maximum atomic E-state index is 4.37. The lowest BCUT2D eigenvalue weighted by atomic mass is 10.2. The molecule has 0 saturated carbocycles. The van der Waals surface area contributed by atoms with E-state index in [0.717, 1.165) is 22.9 Å². The zero-order valence-corrected chi connectivity index (χ0v) is 11.2. The van der Waals surface area contributed by atoms with Gasteiger partial charge in [0.05, 0.1) is 24.6 Å². The number of aromatic nitrogens is 4. The van der Waals surface area contributed by atoms with Crippen LogP contribution < -0.4 is 5.32 Å². The lowest BCUT2D eigenvalue weighted by molar-refractivity contribution is 0.812. The van der Waals surface area contributed by atoms with Gasteiger partial charge in [0.15, 0.2) is 5.82 Å². The van der Waals surface area contributed by atoms with E-state index in [-0.39, 0.29) is 0 Å². The van der Waals surface area contributed by atoms with Crippen LogP contribution in [0.1, 0.15) is 5.82 Å². The molecule has 3 aromatic rings. The molecule has 0 bridgehead atoms. The van der Waals surface area contributed by atoms with Gasteiger partial charge in [0.25, 0.3) is 0 Å². The number of hydrogen-bond donors (Lipinski definition) is 1. The maximum Gasteiger partial charge on any atom is 0.159 e. The number of aryl methyl sites for hydroxylation is 1. The van der Waals surface area contributed by atoms with E-state index < -0.39 is 0 Å². The van der Waals surface area contributed by atoms with Gasteiger partial charge in [0.1, 0.15) is 5.82 Å². The van der Waals surface area contributed by atoms with Crippen LogP contribution in [-0.4, -0.2) is 19.5 Å². The van der Waals surface area contributed by atoms with Crippen molar-refractivity contribution in [3.63, 3.8) is 0 Å². The molecule has 0 aliphatic carbocycles. The van der Waals surface area contributed by atoms with Crippen molar-refractivity contribution in [2.75, 3.05) is 5.32 Å². The molecule has 20 heavy (non-hydrogen) atoms. The van der Waals surface area contributed by atoms with E-state index in [0.29, 0.717) is 6.54 Å². The summed E-state index contributed by atoms with van der Waals surface area (Å²) >= 11 is 0. The monoisotopic (exact) mass is 265 g/mol. The first-order chi connectivity index (χ1) is 9.83. The van der Waals surface area contributed by atoms with Gasteiger partial charge in [0, 0.05) is 25.0 Å². The Balaban J connectivity index is 1.69. The SMILES string of the molecule is Cn1ccnc1CNc1cnc(-c2ccccc2)nc1. The summed E-state index contributed by atoms with van der Waals surface area (Å²) < 4.78 is 1.98. The molecule has 0 saturated heterocycles. The smallest absolute Gasteiger partial charge is 0.159 e. The Labute approximate surface area is 117 Å². The van der Waals surface area contributed by atoms with Crippen LogP contribution in [0.3, 0.4) is 0 Å². The Morgan fingerprint density at radius 2 is 1.80 bits per heavy atom. The Morgan fingerprint density at radius 3 is 2.45 bits per heavy atom. The summed E-state index contributed by atoms with van der Waals surface area (Å²) in [6, 6.07) is 9.93. The number of imidazole rings is 1. The average molecular weight is 265 g/mol. The second-order valence-electron chi connectivity index (χ2n) is 4.47. The fourth-order valence-electron chi connectivity index (χ4n) is 1.90. The molecule has 1 aromatic carbocycles. The van der Waals surface area contributed by atoms with Crippen LogP contribution in [0.25, 0.3) is 11.4 Å². The summed E-state index contributed by atoms with van der Waals surface area (Å²) in [6.07, 6.45) is 7.29. The fourth-order valence-corrected chi connectivity index (χ4v) is 1.90. The van der Waals surface area contributed by atoms with Crippen molar-refractivity contribution in [1.29, 1.82) is 0 Å². The van der Waals surface area contributed by atoms with Crippen LogP contribution >= 0.6 is 0 Å². The van der Waals surface area contributed by atoms with Gasteiger partial charge in [-0.3, -0.25) is 0 Å². The molecular formula is C15H15N5. The number of nitrogens with one attached hydrogen (secondary N) is 1. The van der Waals surface area contributed by atoms with E-state index in [2.05, 4.69) is 20.3 Å². The molecule has 0 spiro atoms. The molecule has 100 valence electrons. The highest BCUT2D eigenvalue weighted by Gasteiger charge is 2.02. The zero-order chi connectivity index (χ0) is 13.8. The highest BCUT2D eigenvalue weighted by atomic mass is 15.1. The zero-order valence-electron chi connectivity index (χ0n) is 11.2. The second-order valence-corrected chi connectivity index (χ2v) is 4.47. The van der Waals surface area contributed by atoms with Crippen molar-refractivity contribution < 1.29 is 0 Å². The predicted molar refractivity (Wildman–Crippen MR) is 78.0 cm³/mol. The Kier molecular flexibility index (Phi) is 3.41. The standard InChI is InChI=1S/C15H15N5/c1-20-8-7-16-14(20)11-17-13-9-18-15(19-10-13)12-5-3-2-4-6-12/h2-10,17H,11H2,1H3. The molecule has 3 rings (SSSR count). The van der Waals surface area contributed by atoms with Crippen molar-refractivity contribution in [3.05, 3.63) is 60.9 Å². The summed E-state index contributed by atoms with van der Waals surface area (Å²) in [4.78, 5) is 13.0. The van der Waals surface area contributed by atoms with Crippen molar-refractivity contribution >= 4 is 5.69 Å². The third kappa shape index (κ3) is 2.66. The maximum absolute atomic E-state index is 4.37. The van der Waals surface area contributed by atoms with Gasteiger partial charge in [-0.2, -0.15) is 0 Å². The van der Waals surface area contributed by atoms with Gasteiger partial charge >= 0.3 is 0 Å². The van der Waals surface area contributed by atoms with Crippen LogP contribution in [-0.2, 0) is 13.6 Å². The van der Waals surface area contributed by atoms with E-state index in [1.165, 1.54) is 0 Å². The number of rotatable bonds is 4. The number of hydrogen-bond acceptors (Lipinski definition) is 4. The highest BCUT2D eigenvalue weighted by molar-refractivity contribution is 5.55. The van der Waals surface area contributed by atoms with E-state index in [1.54, 1.807) is 18.6 Å². The van der Waals surface area contributed by atoms with Crippen molar-refractivity contribution in [1.82, 2.24) is 19.5 Å². The molecule has 0 unspecified atom stereocenters. The molecule has 0 radical (unpaired) electrons. The van der Waals surface area contributed by atoms with E-state index in [9.17, 15) is 0 Å². The normalized spacial score (nSPS) is 10.4. The van der Waals surface area contributed by atoms with E-state index >= 15 is 0 Å². The van der Waals surface area contributed by atoms with Crippen molar-refractivity contribution in [3.8, 4) is 11.4 Å². The number of anilines is 1. The Bertz CT molecular complexity index is 673. The van der Waals surface area contributed by atoms with Gasteiger partial charge in [-0.15, -0.1) is 0 Å². The molecule has 0 atom stereocenters. The van der Waals surface area contributed by atoms with Crippen LogP contribution in [0.4, 0.5) is 5.69 Å². The number of benzene rings is 1. The Hall–Kier alpha value is -2.69. The quantitative estimate of drug-likeness (QED) is 0.787. The lowest BCUT2D eigenvalue weighted by Gasteiger charge is -2.06. The summed E-state index contributed by atoms with van der Waals surface area (Å²) in [5, 5.41) is 3.26. The predicted octanol–water partition coefficient (Wildman–Crippen LogP) is 2.49. The minimum absolute atomic E-state index is 0.650. The molecular weight excluding hydrogens is 250 g/mol. The summed E-state index contributed by atoms with van der Waals surface area (Å²) in [5.74, 6) is 1.70. The van der Waals surface area contributed by atoms with Crippen LogP contribution in [0.5, 0.6) is 0 Å². The molecule has 0 aliphatic heterocycles. The first-order valence-corrected chi connectivity index (χ1v) is 6.40. The summed E-state index contributed by atoms with van der Waals surface area (Å²) in [6.45, 7) is 0.650. The minimum Gasteiger partial charge on any atom is -0.375 e. The van der Waals surface area contributed by atoms with Gasteiger partial charge in [0.2, 0.25) is 0 Å². The summed E-state index contributed by atoms with van der Waals surface area (Å²) in [7, 11) is 1.97. The molecule has 2 heterocycles. The molecule has 5 nitrogen and oxygen atoms in total. The largest absolute Gasteiger partial charge is 0.375 e. The Morgan fingerprint density at radius 1 is 1.05 bits per heavy atom. The minimum atomic E-state index is 0.650. The van der Waals surface area contributed by atoms with E-state index in [1.807, 2.05) is 48.1 Å². The topological polar surface area (TPSA) is 55.6 Å². The van der Waals surface area contributed by atoms with Gasteiger partial charge < -0.3 is 9.88 Å². The average Bonchev–Trinajstić information content (AvgIpc) is 2.92. The summed E-state index contributed by atoms with van der Waals surface area (Å²) in [5.41, 5.74) is 1.90. The van der Waals surface area contributed by atoms with Gasteiger partial charge in [-0.05, 0) is 0 Å². The van der Waals surface area contributed by atoms with Crippen molar-refractivity contribution in [2.24, 2.45) is 7.05 Å². The molecule has 0 amide bonds. The second kappa shape index (κ2) is 5.52. The molecule has 0 aliphatic rings. The molecule has 1 N–H and O–H groups in total. The number of nitrogens with zero attached hydrogens (tertiary/aromatic N) is 4. The highest BCUT2D eigenvalue weighted by Crippen LogP contribution is 2.15. The lowest BCUT2D eigenvalue weighted by Crippen LogP contribution is -2.06. The molecule has 0 fully saturated rings. The van der Waals surface area contributed by atoms with Crippen LogP contribution in [0.15, 0.2) is 55.1 Å². The third-order valence-corrected chi connectivity index (χ3v) is 3.06. The third-order valence-electron chi connectivity index (χ3n) is 3.06. The first kappa shape index (κ1) is 12.3. The van der Waals surface area contributed by atoms with Crippen LogP contribution in [0, 0.1) is 0 Å². The fraction of sp³-hybridized carbons (Fsp3) is 0.133. The van der Waals surface area contributed by atoms with Crippen LogP contribution in [0.2, 0.25) is 0 Å². The van der Waals surface area contributed by atoms with Gasteiger partial charge in [-0.25, -0.2) is 15.0 Å².